The van der Waals surface area contributed by atoms with Crippen molar-refractivity contribution in [2.45, 2.75) is 32.1 Å². The molecule has 5 heteroatoms. The van der Waals surface area contributed by atoms with Crippen molar-refractivity contribution in [3.05, 3.63) is 34.3 Å². The SMILES string of the molecule is CN(CCc1ccc(Br)cc1)C(=O)C1CCCC(C(=O)O)C1. The molecule has 2 unspecified atom stereocenters. The van der Waals surface area contributed by atoms with Crippen molar-refractivity contribution in [2.75, 3.05) is 13.6 Å². The molecule has 2 atom stereocenters. The summed E-state index contributed by atoms with van der Waals surface area (Å²) in [6.45, 7) is 0.661. The zero-order chi connectivity index (χ0) is 16.1. The second kappa shape index (κ2) is 7.77. The Balaban J connectivity index is 1.86. The smallest absolute Gasteiger partial charge is 0.306 e. The molecule has 1 aliphatic carbocycles. The molecule has 0 radical (unpaired) electrons. The van der Waals surface area contributed by atoms with Crippen LogP contribution in [0.1, 0.15) is 31.2 Å². The third-order valence-electron chi connectivity index (χ3n) is 4.40. The largest absolute Gasteiger partial charge is 0.481 e. The molecule has 1 amide bonds. The summed E-state index contributed by atoms with van der Waals surface area (Å²) in [7, 11) is 1.81. The third kappa shape index (κ3) is 4.57. The minimum atomic E-state index is -0.769. The number of carboxylic acid groups (broad SMARTS) is 1. The number of hydrogen-bond donors (Lipinski definition) is 1. The van der Waals surface area contributed by atoms with Crippen LogP contribution in [-0.2, 0) is 16.0 Å². The maximum atomic E-state index is 12.5. The minimum absolute atomic E-state index is 0.0862. The fraction of sp³-hybridized carbons (Fsp3) is 0.529. The summed E-state index contributed by atoms with van der Waals surface area (Å²) in [5.74, 6) is -1.18. The highest BCUT2D eigenvalue weighted by Gasteiger charge is 2.32. The first-order chi connectivity index (χ1) is 10.5. The predicted molar refractivity (Wildman–Crippen MR) is 88.6 cm³/mol. The molecule has 0 aromatic heterocycles. The molecule has 0 spiro atoms. The molecule has 2 rings (SSSR count). The molecule has 22 heavy (non-hydrogen) atoms. The Morgan fingerprint density at radius 1 is 1.23 bits per heavy atom. The van der Waals surface area contributed by atoms with Crippen molar-refractivity contribution in [3.63, 3.8) is 0 Å². The van der Waals surface area contributed by atoms with Gasteiger partial charge in [0.25, 0.3) is 0 Å². The second-order valence-electron chi connectivity index (χ2n) is 6.03. The fourth-order valence-electron chi connectivity index (χ4n) is 3.01. The van der Waals surface area contributed by atoms with Gasteiger partial charge >= 0.3 is 5.97 Å². The van der Waals surface area contributed by atoms with Gasteiger partial charge < -0.3 is 10.0 Å². The Morgan fingerprint density at radius 3 is 2.50 bits per heavy atom. The summed E-state index contributed by atoms with van der Waals surface area (Å²) < 4.78 is 1.04. The molecule has 1 saturated carbocycles. The van der Waals surface area contributed by atoms with E-state index in [4.69, 9.17) is 5.11 Å². The standard InChI is InChI=1S/C17H22BrNO3/c1-19(10-9-12-5-7-15(18)8-6-12)16(20)13-3-2-4-14(11-13)17(21)22/h5-8,13-14H,2-4,9-11H2,1H3,(H,21,22). The maximum absolute atomic E-state index is 12.5. The lowest BCUT2D eigenvalue weighted by molar-refractivity contribution is -0.145. The van der Waals surface area contributed by atoms with Gasteiger partial charge in [0, 0.05) is 24.0 Å². The summed E-state index contributed by atoms with van der Waals surface area (Å²) >= 11 is 3.41. The highest BCUT2D eigenvalue weighted by Crippen LogP contribution is 2.30. The van der Waals surface area contributed by atoms with E-state index in [0.29, 0.717) is 19.4 Å². The predicted octanol–water partition coefficient (Wildman–Crippen LogP) is 3.34. The van der Waals surface area contributed by atoms with Crippen molar-refractivity contribution < 1.29 is 14.7 Å². The van der Waals surface area contributed by atoms with Crippen LogP contribution in [0, 0.1) is 11.8 Å². The number of benzene rings is 1. The molecule has 120 valence electrons. The van der Waals surface area contributed by atoms with Gasteiger partial charge in [0.05, 0.1) is 5.92 Å². The van der Waals surface area contributed by atoms with Gasteiger partial charge in [0.2, 0.25) is 5.91 Å². The Hall–Kier alpha value is -1.36. The number of aliphatic carboxylic acids is 1. The lowest BCUT2D eigenvalue weighted by atomic mass is 9.81. The van der Waals surface area contributed by atoms with E-state index in [-0.39, 0.29) is 17.7 Å². The van der Waals surface area contributed by atoms with E-state index < -0.39 is 5.97 Å². The molecule has 0 aliphatic heterocycles. The van der Waals surface area contributed by atoms with Crippen molar-refractivity contribution in [1.82, 2.24) is 4.90 Å². The number of halogens is 1. The van der Waals surface area contributed by atoms with Crippen molar-refractivity contribution >= 4 is 27.8 Å². The first-order valence-corrected chi connectivity index (χ1v) is 8.49. The molecule has 1 N–H and O–H groups in total. The van der Waals surface area contributed by atoms with E-state index >= 15 is 0 Å². The summed E-state index contributed by atoms with van der Waals surface area (Å²) in [4.78, 5) is 25.3. The molecule has 0 heterocycles. The molecular weight excluding hydrogens is 346 g/mol. The van der Waals surface area contributed by atoms with E-state index in [0.717, 1.165) is 23.7 Å². The van der Waals surface area contributed by atoms with Crippen molar-refractivity contribution in [3.8, 4) is 0 Å². The maximum Gasteiger partial charge on any atom is 0.306 e. The molecule has 1 aliphatic rings. The first kappa shape index (κ1) is 17.0. The molecule has 4 nitrogen and oxygen atoms in total. The number of carbonyl (C=O) groups is 2. The van der Waals surface area contributed by atoms with Gasteiger partial charge in [-0.15, -0.1) is 0 Å². The molecular formula is C17H22BrNO3. The van der Waals surface area contributed by atoms with Crippen LogP contribution < -0.4 is 0 Å². The van der Waals surface area contributed by atoms with Gasteiger partial charge in [-0.25, -0.2) is 0 Å². The quantitative estimate of drug-likeness (QED) is 0.867. The topological polar surface area (TPSA) is 57.6 Å². The number of amides is 1. The monoisotopic (exact) mass is 367 g/mol. The van der Waals surface area contributed by atoms with Gasteiger partial charge in [-0.05, 0) is 43.4 Å². The zero-order valence-corrected chi connectivity index (χ0v) is 14.4. The Bertz CT molecular complexity index is 529. The normalized spacial score (nSPS) is 21.4. The molecule has 1 aromatic carbocycles. The van der Waals surface area contributed by atoms with Crippen LogP contribution in [0.15, 0.2) is 28.7 Å². The number of nitrogens with zero attached hydrogens (tertiary/aromatic N) is 1. The van der Waals surface area contributed by atoms with Crippen LogP contribution in [0.3, 0.4) is 0 Å². The Morgan fingerprint density at radius 2 is 1.86 bits per heavy atom. The third-order valence-corrected chi connectivity index (χ3v) is 4.93. The van der Waals surface area contributed by atoms with Crippen molar-refractivity contribution in [1.29, 1.82) is 0 Å². The molecule has 0 saturated heterocycles. The average Bonchev–Trinajstić information content (AvgIpc) is 2.53. The van der Waals surface area contributed by atoms with Crippen LogP contribution in [0.4, 0.5) is 0 Å². The number of hydrogen-bond acceptors (Lipinski definition) is 2. The van der Waals surface area contributed by atoms with E-state index in [1.54, 1.807) is 4.90 Å². The van der Waals surface area contributed by atoms with Crippen LogP contribution in [0.5, 0.6) is 0 Å². The number of likely N-dealkylation sites (N-methyl/N-ethyl adjacent to an activating group) is 1. The number of carbonyl (C=O) groups excluding carboxylic acids is 1. The van der Waals surface area contributed by atoms with Crippen LogP contribution in [0.2, 0.25) is 0 Å². The first-order valence-electron chi connectivity index (χ1n) is 7.69. The van der Waals surface area contributed by atoms with E-state index in [1.165, 1.54) is 5.56 Å². The van der Waals surface area contributed by atoms with Crippen LogP contribution in [0.25, 0.3) is 0 Å². The molecule has 0 bridgehead atoms. The van der Waals surface area contributed by atoms with E-state index in [9.17, 15) is 9.59 Å². The second-order valence-corrected chi connectivity index (χ2v) is 6.95. The average molecular weight is 368 g/mol. The Labute approximate surface area is 139 Å². The fourth-order valence-corrected chi connectivity index (χ4v) is 3.27. The lowest BCUT2D eigenvalue weighted by Crippen LogP contribution is -2.37. The van der Waals surface area contributed by atoms with Gasteiger partial charge in [0.15, 0.2) is 0 Å². The van der Waals surface area contributed by atoms with E-state index in [2.05, 4.69) is 15.9 Å². The summed E-state index contributed by atoms with van der Waals surface area (Å²) in [6, 6.07) is 8.08. The summed E-state index contributed by atoms with van der Waals surface area (Å²) in [6.07, 6.45) is 3.63. The van der Waals surface area contributed by atoms with Gasteiger partial charge in [0.1, 0.15) is 0 Å². The minimum Gasteiger partial charge on any atom is -0.481 e. The molecule has 1 fully saturated rings. The number of rotatable bonds is 5. The zero-order valence-electron chi connectivity index (χ0n) is 12.8. The van der Waals surface area contributed by atoms with Gasteiger partial charge in [-0.3, -0.25) is 9.59 Å². The van der Waals surface area contributed by atoms with Gasteiger partial charge in [-0.2, -0.15) is 0 Å². The number of carboxylic acids is 1. The van der Waals surface area contributed by atoms with E-state index in [1.807, 2.05) is 31.3 Å². The Kier molecular flexibility index (Phi) is 6.00. The highest BCUT2D eigenvalue weighted by molar-refractivity contribution is 9.10. The summed E-state index contributed by atoms with van der Waals surface area (Å²) in [5, 5.41) is 9.12. The van der Waals surface area contributed by atoms with Gasteiger partial charge in [-0.1, -0.05) is 34.5 Å². The van der Waals surface area contributed by atoms with Crippen LogP contribution >= 0.6 is 15.9 Å². The lowest BCUT2D eigenvalue weighted by Gasteiger charge is -2.29. The highest BCUT2D eigenvalue weighted by atomic mass is 79.9. The van der Waals surface area contributed by atoms with Crippen LogP contribution in [-0.4, -0.2) is 35.5 Å². The molecule has 1 aromatic rings. The van der Waals surface area contributed by atoms with Crippen molar-refractivity contribution in [2.24, 2.45) is 11.8 Å². The summed E-state index contributed by atoms with van der Waals surface area (Å²) in [5.41, 5.74) is 1.19.